The van der Waals surface area contributed by atoms with E-state index in [1.165, 1.54) is 19.1 Å². The Kier molecular flexibility index (Phi) is 5.04. The molecule has 3 nitrogen and oxygen atoms in total. The highest BCUT2D eigenvalue weighted by atomic mass is 32.2. The highest BCUT2D eigenvalue weighted by molar-refractivity contribution is 7.91. The third-order valence-electron chi connectivity index (χ3n) is 3.09. The first-order chi connectivity index (χ1) is 8.69. The van der Waals surface area contributed by atoms with Crippen LogP contribution in [0.5, 0.6) is 0 Å². The molecule has 0 bridgehead atoms. The normalized spacial score (nSPS) is 15.2. The monoisotopic (exact) mass is 292 g/mol. The van der Waals surface area contributed by atoms with E-state index in [4.69, 9.17) is 0 Å². The Labute approximate surface area is 112 Å². The van der Waals surface area contributed by atoms with Gasteiger partial charge in [0.2, 0.25) is 0 Å². The van der Waals surface area contributed by atoms with Gasteiger partial charge < -0.3 is 5.11 Å². The second-order valence-electron chi connectivity index (χ2n) is 4.72. The minimum Gasteiger partial charge on any atom is -0.385 e. The number of hydrogen-bond donors (Lipinski definition) is 1. The van der Waals surface area contributed by atoms with Crippen LogP contribution < -0.4 is 0 Å². The van der Waals surface area contributed by atoms with E-state index in [0.29, 0.717) is 0 Å². The molecular weight excluding hydrogens is 274 g/mol. The second kappa shape index (κ2) is 5.96. The van der Waals surface area contributed by atoms with Crippen molar-refractivity contribution >= 4 is 9.84 Å². The van der Waals surface area contributed by atoms with E-state index in [1.54, 1.807) is 6.92 Å². The molecule has 19 heavy (non-hydrogen) atoms. The zero-order valence-corrected chi connectivity index (χ0v) is 11.8. The molecule has 6 heteroatoms. The lowest BCUT2D eigenvalue weighted by atomic mass is 9.91. The lowest BCUT2D eigenvalue weighted by Gasteiger charge is -2.24. The number of sulfone groups is 1. The van der Waals surface area contributed by atoms with Crippen LogP contribution in [0.1, 0.15) is 32.3 Å². The summed E-state index contributed by atoms with van der Waals surface area (Å²) in [6.45, 7) is 2.89. The molecule has 0 aromatic heterocycles. The van der Waals surface area contributed by atoms with Gasteiger partial charge in [-0.1, -0.05) is 19.1 Å². The van der Waals surface area contributed by atoms with Gasteiger partial charge in [-0.25, -0.2) is 17.2 Å². The van der Waals surface area contributed by atoms with Crippen molar-refractivity contribution in [2.24, 2.45) is 0 Å². The Morgan fingerprint density at radius 3 is 2.53 bits per heavy atom. The van der Waals surface area contributed by atoms with Crippen molar-refractivity contribution < 1.29 is 22.3 Å². The molecule has 0 aliphatic carbocycles. The second-order valence-corrected chi connectivity index (χ2v) is 7.19. The fourth-order valence-electron chi connectivity index (χ4n) is 1.84. The SMILES string of the molecule is CCS(=O)(=O)CCCC(C)(O)c1cccc(F)c1F. The Bertz CT molecular complexity index is 539. The molecule has 0 aliphatic heterocycles. The van der Waals surface area contributed by atoms with E-state index >= 15 is 0 Å². The number of aliphatic hydroxyl groups is 1. The lowest BCUT2D eigenvalue weighted by Crippen LogP contribution is -2.24. The highest BCUT2D eigenvalue weighted by Gasteiger charge is 2.28. The molecule has 1 atom stereocenters. The van der Waals surface area contributed by atoms with Crippen molar-refractivity contribution in [3.63, 3.8) is 0 Å². The molecule has 1 rings (SSSR count). The van der Waals surface area contributed by atoms with Crippen molar-refractivity contribution in [1.29, 1.82) is 0 Å². The smallest absolute Gasteiger partial charge is 0.164 e. The summed E-state index contributed by atoms with van der Waals surface area (Å²) in [5.41, 5.74) is -1.74. The van der Waals surface area contributed by atoms with Crippen molar-refractivity contribution in [3.8, 4) is 0 Å². The Balaban J connectivity index is 2.79. The average Bonchev–Trinajstić information content (AvgIpc) is 2.32. The number of hydrogen-bond acceptors (Lipinski definition) is 3. The van der Waals surface area contributed by atoms with Crippen LogP contribution in [0.25, 0.3) is 0 Å². The topological polar surface area (TPSA) is 54.4 Å². The Morgan fingerprint density at radius 2 is 1.95 bits per heavy atom. The maximum Gasteiger partial charge on any atom is 0.164 e. The minimum absolute atomic E-state index is 0.0312. The van der Waals surface area contributed by atoms with E-state index in [9.17, 15) is 22.3 Å². The Morgan fingerprint density at radius 1 is 1.32 bits per heavy atom. The maximum atomic E-state index is 13.6. The van der Waals surface area contributed by atoms with Crippen molar-refractivity contribution in [3.05, 3.63) is 35.4 Å². The number of benzene rings is 1. The van der Waals surface area contributed by atoms with E-state index in [0.717, 1.165) is 6.07 Å². The molecular formula is C13H18F2O3S. The molecule has 108 valence electrons. The van der Waals surface area contributed by atoms with Crippen LogP contribution >= 0.6 is 0 Å². The van der Waals surface area contributed by atoms with Gasteiger partial charge in [-0.05, 0) is 25.8 Å². The summed E-state index contributed by atoms with van der Waals surface area (Å²) in [7, 11) is -3.12. The van der Waals surface area contributed by atoms with Gasteiger partial charge in [0, 0.05) is 11.3 Å². The van der Waals surface area contributed by atoms with Crippen LogP contribution in [-0.2, 0) is 15.4 Å². The summed E-state index contributed by atoms with van der Waals surface area (Å²) in [5, 5.41) is 10.2. The largest absolute Gasteiger partial charge is 0.385 e. The zero-order valence-electron chi connectivity index (χ0n) is 11.0. The number of halogens is 2. The quantitative estimate of drug-likeness (QED) is 0.876. The van der Waals surface area contributed by atoms with Gasteiger partial charge in [-0.2, -0.15) is 0 Å². The summed E-state index contributed by atoms with van der Waals surface area (Å²) in [6.07, 6.45) is 0.242. The van der Waals surface area contributed by atoms with Gasteiger partial charge in [0.1, 0.15) is 9.84 Å². The predicted molar refractivity (Wildman–Crippen MR) is 69.5 cm³/mol. The summed E-state index contributed by atoms with van der Waals surface area (Å²) in [4.78, 5) is 0. The van der Waals surface area contributed by atoms with Crippen LogP contribution in [0.2, 0.25) is 0 Å². The van der Waals surface area contributed by atoms with Crippen molar-refractivity contribution in [2.75, 3.05) is 11.5 Å². The summed E-state index contributed by atoms with van der Waals surface area (Å²) < 4.78 is 49.3. The molecule has 0 radical (unpaired) electrons. The van der Waals surface area contributed by atoms with Crippen LogP contribution in [0.3, 0.4) is 0 Å². The third kappa shape index (κ3) is 4.24. The van der Waals surface area contributed by atoms with Gasteiger partial charge in [0.25, 0.3) is 0 Å². The zero-order chi connectivity index (χ0) is 14.7. The van der Waals surface area contributed by atoms with Crippen LogP contribution in [-0.4, -0.2) is 25.0 Å². The van der Waals surface area contributed by atoms with Gasteiger partial charge in [-0.15, -0.1) is 0 Å². The lowest BCUT2D eigenvalue weighted by molar-refractivity contribution is 0.0428. The maximum absolute atomic E-state index is 13.6. The van der Waals surface area contributed by atoms with Gasteiger partial charge >= 0.3 is 0 Å². The first-order valence-corrected chi connectivity index (χ1v) is 7.89. The van der Waals surface area contributed by atoms with Crippen molar-refractivity contribution in [1.82, 2.24) is 0 Å². The summed E-state index contributed by atoms with van der Waals surface area (Å²) in [6, 6.07) is 3.58. The first kappa shape index (κ1) is 16.0. The predicted octanol–water partition coefficient (Wildman–Crippen LogP) is 2.39. The molecule has 0 heterocycles. The molecule has 1 N–H and O–H groups in total. The van der Waals surface area contributed by atoms with E-state index in [-0.39, 0.29) is 29.9 Å². The van der Waals surface area contributed by atoms with Crippen LogP contribution in [0, 0.1) is 11.6 Å². The van der Waals surface area contributed by atoms with E-state index in [2.05, 4.69) is 0 Å². The molecule has 0 saturated heterocycles. The molecule has 0 aliphatic rings. The fourth-order valence-corrected chi connectivity index (χ4v) is 2.71. The van der Waals surface area contributed by atoms with Gasteiger partial charge in [0.15, 0.2) is 11.6 Å². The summed E-state index contributed by atoms with van der Waals surface area (Å²) in [5.74, 6) is -2.16. The summed E-state index contributed by atoms with van der Waals surface area (Å²) >= 11 is 0. The first-order valence-electron chi connectivity index (χ1n) is 6.07. The molecule has 1 aromatic carbocycles. The molecule has 1 aromatic rings. The molecule has 1 unspecified atom stereocenters. The fraction of sp³-hybridized carbons (Fsp3) is 0.538. The standard InChI is InChI=1S/C13H18F2O3S/c1-3-19(17,18)9-5-8-13(2,16)10-6-4-7-11(14)12(10)15/h4,6-7,16H,3,5,8-9H2,1-2H3. The Hall–Kier alpha value is -1.01. The molecule has 0 spiro atoms. The third-order valence-corrected chi connectivity index (χ3v) is 4.88. The minimum atomic E-state index is -3.12. The van der Waals surface area contributed by atoms with E-state index in [1.807, 2.05) is 0 Å². The molecule has 0 fully saturated rings. The van der Waals surface area contributed by atoms with E-state index < -0.39 is 27.1 Å². The van der Waals surface area contributed by atoms with Crippen LogP contribution in [0.4, 0.5) is 8.78 Å². The highest BCUT2D eigenvalue weighted by Crippen LogP contribution is 2.29. The van der Waals surface area contributed by atoms with Crippen LogP contribution in [0.15, 0.2) is 18.2 Å². The van der Waals surface area contributed by atoms with Crippen molar-refractivity contribution in [2.45, 2.75) is 32.3 Å². The average molecular weight is 292 g/mol. The molecule has 0 saturated carbocycles. The van der Waals surface area contributed by atoms with Gasteiger partial charge in [0.05, 0.1) is 11.4 Å². The number of rotatable bonds is 6. The molecule has 0 amide bonds. The van der Waals surface area contributed by atoms with Gasteiger partial charge in [-0.3, -0.25) is 0 Å².